The molecule has 24 heavy (non-hydrogen) atoms. The molecule has 2 amide bonds. The summed E-state index contributed by atoms with van der Waals surface area (Å²) in [6.07, 6.45) is 0.891. The Morgan fingerprint density at radius 1 is 1.25 bits per heavy atom. The summed E-state index contributed by atoms with van der Waals surface area (Å²) in [6.45, 7) is 2.98. The van der Waals surface area contributed by atoms with Crippen molar-refractivity contribution in [2.45, 2.75) is 32.3 Å². The van der Waals surface area contributed by atoms with Crippen molar-refractivity contribution < 1.29 is 19.1 Å². The van der Waals surface area contributed by atoms with Crippen LogP contribution < -0.4 is 5.32 Å². The molecular weight excluding hydrogens is 310 g/mol. The van der Waals surface area contributed by atoms with Crippen LogP contribution in [0.4, 0.5) is 5.69 Å². The Kier molecular flexibility index (Phi) is 5.90. The Bertz CT molecular complexity index is 657. The molecule has 2 rings (SSSR count). The quantitative estimate of drug-likeness (QED) is 0.829. The van der Waals surface area contributed by atoms with E-state index in [1.54, 1.807) is 30.0 Å². The number of likely N-dealkylation sites (tertiary alicyclic amines) is 1. The lowest BCUT2D eigenvalue weighted by molar-refractivity contribution is -0.138. The molecule has 1 fully saturated rings. The lowest BCUT2D eigenvalue weighted by atomic mass is 10.2. The van der Waals surface area contributed by atoms with E-state index in [2.05, 4.69) is 5.32 Å². The molecule has 1 aromatic carbocycles. The minimum atomic E-state index is -0.828. The van der Waals surface area contributed by atoms with E-state index in [0.717, 1.165) is 12.8 Å². The molecule has 0 aromatic heterocycles. The third-order valence-corrected chi connectivity index (χ3v) is 3.69. The molecule has 7 heteroatoms. The molecule has 1 saturated heterocycles. The van der Waals surface area contributed by atoms with Crippen LogP contribution in [-0.2, 0) is 14.3 Å². The number of carbonyl (C=O) groups is 3. The van der Waals surface area contributed by atoms with Crippen molar-refractivity contribution in [1.82, 2.24) is 4.90 Å². The molecule has 1 aromatic rings. The van der Waals surface area contributed by atoms with Crippen LogP contribution >= 0.6 is 0 Å². The highest BCUT2D eigenvalue weighted by Crippen LogP contribution is 2.14. The zero-order chi connectivity index (χ0) is 17.5. The fourth-order valence-electron chi connectivity index (χ4n) is 2.44. The minimum Gasteiger partial charge on any atom is -0.449 e. The van der Waals surface area contributed by atoms with Crippen molar-refractivity contribution in [2.75, 3.05) is 18.4 Å². The second-order valence-electron chi connectivity index (χ2n) is 5.54. The largest absolute Gasteiger partial charge is 0.449 e. The van der Waals surface area contributed by atoms with E-state index in [0.29, 0.717) is 18.8 Å². The topological polar surface area (TPSA) is 99.5 Å². The molecule has 0 aliphatic carbocycles. The maximum Gasteiger partial charge on any atom is 0.338 e. The van der Waals surface area contributed by atoms with Crippen LogP contribution in [0.15, 0.2) is 24.3 Å². The standard InChI is InChI=1S/C17H19N3O4/c1-12(16(22)20-10-2-3-11-20)24-17(23)13-4-6-14(7-5-13)19-15(21)8-9-18/h4-7,12H,2-3,8,10-11H2,1H3,(H,19,21)/t12-/m0/s1. The summed E-state index contributed by atoms with van der Waals surface area (Å²) in [7, 11) is 0. The molecule has 7 nitrogen and oxygen atoms in total. The number of nitriles is 1. The number of ether oxygens (including phenoxy) is 1. The Balaban J connectivity index is 1.91. The van der Waals surface area contributed by atoms with Gasteiger partial charge < -0.3 is 15.0 Å². The molecule has 1 heterocycles. The predicted molar refractivity (Wildman–Crippen MR) is 86.0 cm³/mol. The van der Waals surface area contributed by atoms with Gasteiger partial charge in [0.25, 0.3) is 5.91 Å². The van der Waals surface area contributed by atoms with Crippen LogP contribution in [0.3, 0.4) is 0 Å². The number of hydrogen-bond donors (Lipinski definition) is 1. The maximum atomic E-state index is 12.1. The summed E-state index contributed by atoms with van der Waals surface area (Å²) in [5.41, 5.74) is 0.766. The van der Waals surface area contributed by atoms with Gasteiger partial charge in [0, 0.05) is 18.8 Å². The van der Waals surface area contributed by atoms with Crippen molar-refractivity contribution in [3.8, 4) is 6.07 Å². The number of benzene rings is 1. The van der Waals surface area contributed by atoms with Crippen LogP contribution in [0.5, 0.6) is 0 Å². The first kappa shape index (κ1) is 17.5. The highest BCUT2D eigenvalue weighted by molar-refractivity contribution is 5.94. The summed E-state index contributed by atoms with van der Waals surface area (Å²) in [5, 5.41) is 11.0. The third-order valence-electron chi connectivity index (χ3n) is 3.69. The van der Waals surface area contributed by atoms with Gasteiger partial charge in [-0.25, -0.2) is 4.79 Å². The summed E-state index contributed by atoms with van der Waals surface area (Å²) in [5.74, 6) is -1.19. The van der Waals surface area contributed by atoms with Gasteiger partial charge in [0.2, 0.25) is 5.91 Å². The molecule has 1 aliphatic rings. The fourth-order valence-corrected chi connectivity index (χ4v) is 2.44. The molecule has 0 saturated carbocycles. The first-order chi connectivity index (χ1) is 11.5. The Morgan fingerprint density at radius 3 is 2.46 bits per heavy atom. The maximum absolute atomic E-state index is 12.1. The first-order valence-corrected chi connectivity index (χ1v) is 7.78. The van der Waals surface area contributed by atoms with Crippen LogP contribution in [0.1, 0.15) is 36.5 Å². The Hall–Kier alpha value is -2.88. The second kappa shape index (κ2) is 8.11. The smallest absolute Gasteiger partial charge is 0.338 e. The molecule has 1 aliphatic heterocycles. The van der Waals surface area contributed by atoms with Gasteiger partial charge in [-0.15, -0.1) is 0 Å². The van der Waals surface area contributed by atoms with Crippen LogP contribution in [0.25, 0.3) is 0 Å². The number of carbonyl (C=O) groups excluding carboxylic acids is 3. The number of hydrogen-bond acceptors (Lipinski definition) is 5. The molecule has 0 unspecified atom stereocenters. The summed E-state index contributed by atoms with van der Waals surface area (Å²) in [4.78, 5) is 37.2. The monoisotopic (exact) mass is 329 g/mol. The van der Waals surface area contributed by atoms with Gasteiger partial charge in [0.1, 0.15) is 6.42 Å². The molecule has 126 valence electrons. The summed E-state index contributed by atoms with van der Waals surface area (Å²) in [6, 6.07) is 7.83. The van der Waals surface area contributed by atoms with Crippen molar-refractivity contribution in [1.29, 1.82) is 5.26 Å². The SMILES string of the molecule is C[C@H](OC(=O)c1ccc(NC(=O)CC#N)cc1)C(=O)N1CCCC1. The van der Waals surface area contributed by atoms with Crippen molar-refractivity contribution in [2.24, 2.45) is 0 Å². The summed E-state index contributed by atoms with van der Waals surface area (Å²) >= 11 is 0. The highest BCUT2D eigenvalue weighted by Gasteiger charge is 2.26. The van der Waals surface area contributed by atoms with Crippen LogP contribution in [-0.4, -0.2) is 41.9 Å². The number of esters is 1. The molecule has 0 bridgehead atoms. The average molecular weight is 329 g/mol. The van der Waals surface area contributed by atoms with Gasteiger partial charge in [0.05, 0.1) is 11.6 Å². The van der Waals surface area contributed by atoms with Crippen molar-refractivity contribution in [3.05, 3.63) is 29.8 Å². The van der Waals surface area contributed by atoms with Crippen molar-refractivity contribution in [3.63, 3.8) is 0 Å². The van der Waals surface area contributed by atoms with Gasteiger partial charge in [-0.3, -0.25) is 9.59 Å². The third kappa shape index (κ3) is 4.56. The molecule has 1 atom stereocenters. The molecule has 1 N–H and O–H groups in total. The lowest BCUT2D eigenvalue weighted by Crippen LogP contribution is -2.38. The van der Waals surface area contributed by atoms with Crippen LogP contribution in [0, 0.1) is 11.3 Å². The lowest BCUT2D eigenvalue weighted by Gasteiger charge is -2.20. The number of rotatable bonds is 5. The predicted octanol–water partition coefficient (Wildman–Crippen LogP) is 1.71. The zero-order valence-electron chi connectivity index (χ0n) is 13.4. The van der Waals surface area contributed by atoms with Gasteiger partial charge in [-0.1, -0.05) is 0 Å². The number of amides is 2. The van der Waals surface area contributed by atoms with Crippen LogP contribution in [0.2, 0.25) is 0 Å². The molecule has 0 radical (unpaired) electrons. The van der Waals surface area contributed by atoms with Gasteiger partial charge in [0.15, 0.2) is 6.10 Å². The number of nitrogens with zero attached hydrogens (tertiary/aromatic N) is 2. The van der Waals surface area contributed by atoms with E-state index in [4.69, 9.17) is 10.00 Å². The summed E-state index contributed by atoms with van der Waals surface area (Å²) < 4.78 is 5.21. The van der Waals surface area contributed by atoms with E-state index < -0.39 is 18.0 Å². The normalized spacial score (nSPS) is 14.6. The number of nitrogens with one attached hydrogen (secondary N) is 1. The first-order valence-electron chi connectivity index (χ1n) is 7.78. The van der Waals surface area contributed by atoms with E-state index >= 15 is 0 Å². The van der Waals surface area contributed by atoms with E-state index in [-0.39, 0.29) is 17.9 Å². The molecular formula is C17H19N3O4. The van der Waals surface area contributed by atoms with Crippen molar-refractivity contribution >= 4 is 23.5 Å². The Morgan fingerprint density at radius 2 is 1.88 bits per heavy atom. The average Bonchev–Trinajstić information content (AvgIpc) is 3.09. The van der Waals surface area contributed by atoms with E-state index in [1.807, 2.05) is 0 Å². The minimum absolute atomic E-state index is 0.179. The fraction of sp³-hybridized carbons (Fsp3) is 0.412. The Labute approximate surface area is 140 Å². The second-order valence-corrected chi connectivity index (χ2v) is 5.54. The highest BCUT2D eigenvalue weighted by atomic mass is 16.5. The van der Waals surface area contributed by atoms with Gasteiger partial charge in [-0.2, -0.15) is 5.26 Å². The van der Waals surface area contributed by atoms with Gasteiger partial charge in [-0.05, 0) is 44.0 Å². The number of anilines is 1. The zero-order valence-corrected chi connectivity index (χ0v) is 13.4. The molecule has 0 spiro atoms. The van der Waals surface area contributed by atoms with Gasteiger partial charge >= 0.3 is 5.97 Å². The van der Waals surface area contributed by atoms with E-state index in [9.17, 15) is 14.4 Å². The van der Waals surface area contributed by atoms with E-state index in [1.165, 1.54) is 12.1 Å².